The quantitative estimate of drug-likeness (QED) is 0.646. The molecule has 22 heavy (non-hydrogen) atoms. The van der Waals surface area contributed by atoms with Gasteiger partial charge in [-0.2, -0.15) is 13.2 Å². The van der Waals surface area contributed by atoms with Crippen LogP contribution in [0.1, 0.15) is 29.7 Å². The normalized spacial score (nSPS) is 19.4. The molecule has 0 bridgehead atoms. The second-order valence-corrected chi connectivity index (χ2v) is 4.94. The van der Waals surface area contributed by atoms with Crippen molar-refractivity contribution >= 4 is 12.0 Å². The summed E-state index contributed by atoms with van der Waals surface area (Å²) >= 11 is 0. The number of carbonyl (C=O) groups is 1. The standard InChI is InChI=1S/C15H15F3O4/c1-9(21-7-12-8-22-12)13-4-3-11(15(16,17)18)6-10(13)2-5-14(19)20/h2-6,9,12H,7-8H2,1H3,(H,19,20)/t9-,12+/m1/s1. The fraction of sp³-hybridized carbons (Fsp3) is 0.400. The number of alkyl halides is 3. The van der Waals surface area contributed by atoms with Gasteiger partial charge in [0.15, 0.2) is 0 Å². The number of ether oxygens (including phenoxy) is 2. The Morgan fingerprint density at radius 1 is 1.55 bits per heavy atom. The SMILES string of the molecule is C[C@@H](OC[C@H]1CO1)c1ccc(C(F)(F)F)cc1C=CC(=O)O. The predicted molar refractivity (Wildman–Crippen MR) is 72.2 cm³/mol. The van der Waals surface area contributed by atoms with Gasteiger partial charge in [0.1, 0.15) is 6.10 Å². The summed E-state index contributed by atoms with van der Waals surface area (Å²) in [4.78, 5) is 10.6. The highest BCUT2D eigenvalue weighted by Gasteiger charge is 2.31. The number of epoxide rings is 1. The van der Waals surface area contributed by atoms with Gasteiger partial charge in [-0.25, -0.2) is 4.79 Å². The minimum Gasteiger partial charge on any atom is -0.478 e. The van der Waals surface area contributed by atoms with Gasteiger partial charge < -0.3 is 14.6 Å². The monoisotopic (exact) mass is 316 g/mol. The Labute approximate surface area is 125 Å². The Morgan fingerprint density at radius 3 is 2.77 bits per heavy atom. The fourth-order valence-corrected chi connectivity index (χ4v) is 1.93. The molecule has 1 aliphatic heterocycles. The van der Waals surface area contributed by atoms with Gasteiger partial charge in [-0.3, -0.25) is 0 Å². The smallest absolute Gasteiger partial charge is 0.416 e. The summed E-state index contributed by atoms with van der Waals surface area (Å²) in [5, 5.41) is 8.66. The molecular formula is C15H15F3O4. The number of halogens is 3. The highest BCUT2D eigenvalue weighted by atomic mass is 19.4. The summed E-state index contributed by atoms with van der Waals surface area (Å²) in [5.41, 5.74) is -0.174. The van der Waals surface area contributed by atoms with E-state index in [1.807, 2.05) is 0 Å². The van der Waals surface area contributed by atoms with Crippen LogP contribution in [-0.4, -0.2) is 30.4 Å². The lowest BCUT2D eigenvalue weighted by atomic mass is 9.99. The number of benzene rings is 1. The lowest BCUT2D eigenvalue weighted by molar-refractivity contribution is -0.137. The fourth-order valence-electron chi connectivity index (χ4n) is 1.93. The van der Waals surface area contributed by atoms with E-state index >= 15 is 0 Å². The van der Waals surface area contributed by atoms with Crippen LogP contribution in [0, 0.1) is 0 Å². The van der Waals surface area contributed by atoms with Gasteiger partial charge in [0.2, 0.25) is 0 Å². The summed E-state index contributed by atoms with van der Waals surface area (Å²) < 4.78 is 48.9. The van der Waals surface area contributed by atoms with Crippen LogP contribution < -0.4 is 0 Å². The van der Waals surface area contributed by atoms with Crippen molar-refractivity contribution in [1.82, 2.24) is 0 Å². The maximum absolute atomic E-state index is 12.8. The van der Waals surface area contributed by atoms with Crippen LogP contribution in [0.2, 0.25) is 0 Å². The van der Waals surface area contributed by atoms with Crippen LogP contribution in [0.25, 0.3) is 6.08 Å². The van der Waals surface area contributed by atoms with Crippen molar-refractivity contribution in [3.63, 3.8) is 0 Å². The van der Waals surface area contributed by atoms with Crippen LogP contribution in [0.4, 0.5) is 13.2 Å². The number of carboxylic acids is 1. The molecule has 0 spiro atoms. The molecule has 0 saturated carbocycles. The Bertz CT molecular complexity index is 577. The average molecular weight is 316 g/mol. The molecule has 0 radical (unpaired) electrons. The molecule has 2 rings (SSSR count). The van der Waals surface area contributed by atoms with Gasteiger partial charge in [-0.05, 0) is 36.3 Å². The van der Waals surface area contributed by atoms with Crippen LogP contribution in [0.5, 0.6) is 0 Å². The summed E-state index contributed by atoms with van der Waals surface area (Å²) in [5.74, 6) is -1.23. The second-order valence-electron chi connectivity index (χ2n) is 4.94. The van der Waals surface area contributed by atoms with Crippen molar-refractivity contribution in [3.05, 3.63) is 41.0 Å². The highest BCUT2D eigenvalue weighted by Crippen LogP contribution is 2.33. The van der Waals surface area contributed by atoms with E-state index in [1.165, 1.54) is 6.07 Å². The Hall–Kier alpha value is -1.86. The Kier molecular flexibility index (Phi) is 4.87. The zero-order valence-corrected chi connectivity index (χ0v) is 11.8. The van der Waals surface area contributed by atoms with E-state index in [1.54, 1.807) is 6.92 Å². The first-order valence-electron chi connectivity index (χ1n) is 6.62. The molecule has 120 valence electrons. The van der Waals surface area contributed by atoms with Crippen LogP contribution >= 0.6 is 0 Å². The third kappa shape index (κ3) is 4.57. The molecule has 2 atom stereocenters. The third-order valence-corrected chi connectivity index (χ3v) is 3.19. The number of hydrogen-bond acceptors (Lipinski definition) is 3. The minimum atomic E-state index is -4.49. The van der Waals surface area contributed by atoms with E-state index in [2.05, 4.69) is 0 Å². The number of carboxylic acid groups (broad SMARTS) is 1. The molecule has 7 heteroatoms. The molecule has 1 fully saturated rings. The van der Waals surface area contributed by atoms with Gasteiger partial charge in [0, 0.05) is 6.08 Å². The highest BCUT2D eigenvalue weighted by molar-refractivity contribution is 5.85. The molecule has 4 nitrogen and oxygen atoms in total. The maximum atomic E-state index is 12.8. The molecule has 1 aliphatic rings. The first-order valence-corrected chi connectivity index (χ1v) is 6.62. The van der Waals surface area contributed by atoms with Crippen molar-refractivity contribution in [2.75, 3.05) is 13.2 Å². The van der Waals surface area contributed by atoms with E-state index < -0.39 is 23.8 Å². The Balaban J connectivity index is 2.27. The van der Waals surface area contributed by atoms with Crippen LogP contribution in [0.3, 0.4) is 0 Å². The molecule has 0 aliphatic carbocycles. The molecule has 1 aromatic carbocycles. The predicted octanol–water partition coefficient (Wildman–Crippen LogP) is 3.28. The molecule has 0 aromatic heterocycles. The molecular weight excluding hydrogens is 301 g/mol. The molecule has 0 unspecified atom stereocenters. The number of aliphatic carboxylic acids is 1. The molecule has 1 aromatic rings. The zero-order valence-electron chi connectivity index (χ0n) is 11.8. The van der Waals surface area contributed by atoms with Crippen molar-refractivity contribution < 1.29 is 32.5 Å². The van der Waals surface area contributed by atoms with Crippen molar-refractivity contribution in [1.29, 1.82) is 0 Å². The van der Waals surface area contributed by atoms with E-state index in [-0.39, 0.29) is 11.7 Å². The first-order chi connectivity index (χ1) is 10.3. The largest absolute Gasteiger partial charge is 0.478 e. The lowest BCUT2D eigenvalue weighted by Crippen LogP contribution is -2.10. The van der Waals surface area contributed by atoms with Gasteiger partial charge in [0.25, 0.3) is 0 Å². The van der Waals surface area contributed by atoms with E-state index in [9.17, 15) is 18.0 Å². The first kappa shape index (κ1) is 16.5. The maximum Gasteiger partial charge on any atom is 0.416 e. The molecule has 1 saturated heterocycles. The minimum absolute atomic E-state index is 0.0370. The zero-order chi connectivity index (χ0) is 16.3. The van der Waals surface area contributed by atoms with Crippen molar-refractivity contribution in [2.45, 2.75) is 25.3 Å². The van der Waals surface area contributed by atoms with Crippen molar-refractivity contribution in [2.24, 2.45) is 0 Å². The summed E-state index contributed by atoms with van der Waals surface area (Å²) in [7, 11) is 0. The van der Waals surface area contributed by atoms with Gasteiger partial charge >= 0.3 is 12.1 Å². The van der Waals surface area contributed by atoms with E-state index in [0.29, 0.717) is 18.8 Å². The summed E-state index contributed by atoms with van der Waals surface area (Å²) in [6.07, 6.45) is -2.98. The topological polar surface area (TPSA) is 59.1 Å². The summed E-state index contributed by atoms with van der Waals surface area (Å²) in [6.45, 7) is 2.67. The van der Waals surface area contributed by atoms with Crippen LogP contribution in [-0.2, 0) is 20.4 Å². The van der Waals surface area contributed by atoms with E-state index in [4.69, 9.17) is 14.6 Å². The van der Waals surface area contributed by atoms with Crippen molar-refractivity contribution in [3.8, 4) is 0 Å². The molecule has 1 N–H and O–H groups in total. The molecule has 0 amide bonds. The number of hydrogen-bond donors (Lipinski definition) is 1. The summed E-state index contributed by atoms with van der Waals surface area (Å²) in [6, 6.07) is 3.19. The van der Waals surface area contributed by atoms with Gasteiger partial charge in [-0.1, -0.05) is 6.07 Å². The Morgan fingerprint density at radius 2 is 2.23 bits per heavy atom. The van der Waals surface area contributed by atoms with Gasteiger partial charge in [-0.15, -0.1) is 0 Å². The molecule has 1 heterocycles. The lowest BCUT2D eigenvalue weighted by Gasteiger charge is -2.17. The van der Waals surface area contributed by atoms with Gasteiger partial charge in [0.05, 0.1) is 24.9 Å². The van der Waals surface area contributed by atoms with Crippen LogP contribution in [0.15, 0.2) is 24.3 Å². The second kappa shape index (κ2) is 6.50. The third-order valence-electron chi connectivity index (χ3n) is 3.19. The average Bonchev–Trinajstić information content (AvgIpc) is 3.25. The van der Waals surface area contributed by atoms with E-state index in [0.717, 1.165) is 24.3 Å². The number of rotatable bonds is 6.